The molecule has 5 heteroatoms. The highest BCUT2D eigenvalue weighted by atomic mass is 35.5. The predicted molar refractivity (Wildman–Crippen MR) is 78.0 cm³/mol. The molecule has 1 unspecified atom stereocenters. The summed E-state index contributed by atoms with van der Waals surface area (Å²) >= 11 is 6.01. The third-order valence-electron chi connectivity index (χ3n) is 3.59. The molecule has 104 valence electrons. The van der Waals surface area contributed by atoms with Crippen LogP contribution in [0.5, 0.6) is 0 Å². The fraction of sp³-hybridized carbons (Fsp3) is 0.267. The van der Waals surface area contributed by atoms with E-state index in [4.69, 9.17) is 16.7 Å². The Kier molecular flexibility index (Phi) is 3.51. The largest absolute Gasteiger partial charge is 0.396 e. The Morgan fingerprint density at radius 2 is 2.20 bits per heavy atom. The first-order valence-corrected chi connectivity index (χ1v) is 6.93. The number of aliphatic hydroxyl groups excluding tert-OH is 1. The average Bonchev–Trinajstić information content (AvgIpc) is 2.88. The molecule has 2 heterocycles. The molecular formula is C15H15ClN2O2. The number of amides is 1. The number of hydrogen-bond donors (Lipinski definition) is 2. The van der Waals surface area contributed by atoms with Gasteiger partial charge in [-0.25, -0.2) is 0 Å². The molecule has 1 aliphatic rings. The van der Waals surface area contributed by atoms with E-state index in [-0.39, 0.29) is 18.6 Å². The number of nitrogens with one attached hydrogen (secondary N) is 1. The van der Waals surface area contributed by atoms with Gasteiger partial charge in [0.05, 0.1) is 6.04 Å². The van der Waals surface area contributed by atoms with Crippen molar-refractivity contribution in [2.24, 2.45) is 0 Å². The van der Waals surface area contributed by atoms with Gasteiger partial charge in [-0.15, -0.1) is 0 Å². The summed E-state index contributed by atoms with van der Waals surface area (Å²) < 4.78 is 1.95. The van der Waals surface area contributed by atoms with Crippen LogP contribution >= 0.6 is 11.6 Å². The molecule has 1 atom stereocenters. The van der Waals surface area contributed by atoms with Crippen molar-refractivity contribution in [1.82, 2.24) is 9.88 Å². The number of aliphatic hydroxyl groups is 1. The highest BCUT2D eigenvalue weighted by molar-refractivity contribution is 6.30. The minimum absolute atomic E-state index is 0.0764. The summed E-state index contributed by atoms with van der Waals surface area (Å²) in [5.74, 6) is -0.0764. The van der Waals surface area contributed by atoms with Crippen LogP contribution in [0.1, 0.15) is 23.0 Å². The number of hydrogen-bond acceptors (Lipinski definition) is 2. The lowest BCUT2D eigenvalue weighted by atomic mass is 10.1. The van der Waals surface area contributed by atoms with Gasteiger partial charge in [0, 0.05) is 29.9 Å². The van der Waals surface area contributed by atoms with Crippen LogP contribution in [0.2, 0.25) is 5.02 Å². The van der Waals surface area contributed by atoms with Crippen molar-refractivity contribution in [3.63, 3.8) is 0 Å². The predicted octanol–water partition coefficient (Wildman–Crippen LogP) is 2.48. The van der Waals surface area contributed by atoms with Gasteiger partial charge in [-0.05, 0) is 30.2 Å². The van der Waals surface area contributed by atoms with Gasteiger partial charge in [0.1, 0.15) is 5.69 Å². The van der Waals surface area contributed by atoms with Crippen molar-refractivity contribution < 1.29 is 9.90 Å². The summed E-state index contributed by atoms with van der Waals surface area (Å²) in [5, 5.41) is 12.6. The van der Waals surface area contributed by atoms with Crippen LogP contribution in [-0.4, -0.2) is 28.7 Å². The maximum atomic E-state index is 11.9. The van der Waals surface area contributed by atoms with Crippen LogP contribution in [0.3, 0.4) is 0 Å². The van der Waals surface area contributed by atoms with Crippen molar-refractivity contribution in [3.8, 4) is 11.1 Å². The molecule has 1 amide bonds. The summed E-state index contributed by atoms with van der Waals surface area (Å²) in [5.41, 5.74) is 2.57. The van der Waals surface area contributed by atoms with Crippen molar-refractivity contribution >= 4 is 17.5 Å². The van der Waals surface area contributed by atoms with Gasteiger partial charge in [-0.1, -0.05) is 23.7 Å². The van der Waals surface area contributed by atoms with Gasteiger partial charge in [-0.3, -0.25) is 4.79 Å². The highest BCUT2D eigenvalue weighted by Crippen LogP contribution is 2.29. The van der Waals surface area contributed by atoms with E-state index in [9.17, 15) is 4.79 Å². The first kappa shape index (κ1) is 13.2. The van der Waals surface area contributed by atoms with Gasteiger partial charge < -0.3 is 15.0 Å². The lowest BCUT2D eigenvalue weighted by Gasteiger charge is -2.25. The molecular weight excluding hydrogens is 276 g/mol. The van der Waals surface area contributed by atoms with Crippen LogP contribution in [0.15, 0.2) is 36.5 Å². The first-order chi connectivity index (χ1) is 9.69. The zero-order chi connectivity index (χ0) is 14.1. The van der Waals surface area contributed by atoms with E-state index in [0.29, 0.717) is 23.7 Å². The third-order valence-corrected chi connectivity index (χ3v) is 3.83. The van der Waals surface area contributed by atoms with Crippen LogP contribution in [0.25, 0.3) is 11.1 Å². The number of rotatable bonds is 3. The van der Waals surface area contributed by atoms with Crippen LogP contribution in [0, 0.1) is 0 Å². The lowest BCUT2D eigenvalue weighted by Crippen LogP contribution is -2.38. The number of halogens is 1. The summed E-state index contributed by atoms with van der Waals surface area (Å²) in [4.78, 5) is 11.9. The van der Waals surface area contributed by atoms with Gasteiger partial charge in [0.25, 0.3) is 5.91 Å². The average molecular weight is 291 g/mol. The van der Waals surface area contributed by atoms with Crippen molar-refractivity contribution in [3.05, 3.63) is 47.2 Å². The fourth-order valence-corrected chi connectivity index (χ4v) is 2.77. The molecule has 20 heavy (non-hydrogen) atoms. The Labute approximate surface area is 122 Å². The standard InChI is InChI=1S/C15H15ClN2O2/c16-12-3-1-2-10(6-12)11-7-14-15(20)17-8-13(4-5-19)18(14)9-11/h1-3,6-7,9,13,19H,4-5,8H2,(H,17,20). The van der Waals surface area contributed by atoms with Crippen LogP contribution in [-0.2, 0) is 0 Å². The monoisotopic (exact) mass is 290 g/mol. The van der Waals surface area contributed by atoms with E-state index >= 15 is 0 Å². The maximum Gasteiger partial charge on any atom is 0.268 e. The second kappa shape index (κ2) is 5.31. The Balaban J connectivity index is 2.04. The number of benzene rings is 1. The molecule has 0 saturated carbocycles. The van der Waals surface area contributed by atoms with Gasteiger partial charge in [0.2, 0.25) is 0 Å². The summed E-state index contributed by atoms with van der Waals surface area (Å²) in [6.45, 7) is 0.653. The maximum absolute atomic E-state index is 11.9. The number of carbonyl (C=O) groups excluding carboxylic acids is 1. The quantitative estimate of drug-likeness (QED) is 0.912. The van der Waals surface area contributed by atoms with E-state index in [1.54, 1.807) is 0 Å². The summed E-state index contributed by atoms with van der Waals surface area (Å²) in [6.07, 6.45) is 2.58. The van der Waals surface area contributed by atoms with E-state index in [0.717, 1.165) is 11.1 Å². The lowest BCUT2D eigenvalue weighted by molar-refractivity contribution is 0.0907. The van der Waals surface area contributed by atoms with Crippen LogP contribution in [0.4, 0.5) is 0 Å². The molecule has 0 aliphatic carbocycles. The van der Waals surface area contributed by atoms with Crippen molar-refractivity contribution in [1.29, 1.82) is 0 Å². The van der Waals surface area contributed by atoms with Gasteiger partial charge in [0.15, 0.2) is 0 Å². The smallest absolute Gasteiger partial charge is 0.268 e. The minimum atomic E-state index is -0.0764. The van der Waals surface area contributed by atoms with Gasteiger partial charge in [-0.2, -0.15) is 0 Å². The second-order valence-corrected chi connectivity index (χ2v) is 5.34. The van der Waals surface area contributed by atoms with Crippen molar-refractivity contribution in [2.75, 3.05) is 13.2 Å². The molecule has 0 bridgehead atoms. The SMILES string of the molecule is O=C1NCC(CCO)n2cc(-c3cccc(Cl)c3)cc21. The molecule has 2 aromatic rings. The van der Waals surface area contributed by atoms with Crippen LogP contribution < -0.4 is 5.32 Å². The van der Waals surface area contributed by atoms with E-state index in [2.05, 4.69) is 5.32 Å². The van der Waals surface area contributed by atoms with E-state index in [1.165, 1.54) is 0 Å². The van der Waals surface area contributed by atoms with Gasteiger partial charge >= 0.3 is 0 Å². The highest BCUT2D eigenvalue weighted by Gasteiger charge is 2.25. The number of fused-ring (bicyclic) bond motifs is 1. The number of nitrogens with zero attached hydrogens (tertiary/aromatic N) is 1. The Morgan fingerprint density at radius 3 is 2.95 bits per heavy atom. The zero-order valence-corrected chi connectivity index (χ0v) is 11.6. The molecule has 0 saturated heterocycles. The summed E-state index contributed by atoms with van der Waals surface area (Å²) in [7, 11) is 0. The zero-order valence-electron chi connectivity index (χ0n) is 10.8. The van der Waals surface area contributed by atoms with Crippen molar-refractivity contribution in [2.45, 2.75) is 12.5 Å². The first-order valence-electron chi connectivity index (χ1n) is 6.56. The topological polar surface area (TPSA) is 54.3 Å². The molecule has 1 aliphatic heterocycles. The van der Waals surface area contributed by atoms with E-state index in [1.807, 2.05) is 41.1 Å². The second-order valence-electron chi connectivity index (χ2n) is 4.91. The molecule has 4 nitrogen and oxygen atoms in total. The molecule has 0 radical (unpaired) electrons. The molecule has 0 fully saturated rings. The summed E-state index contributed by atoms with van der Waals surface area (Å²) in [6, 6.07) is 9.51. The molecule has 1 aromatic carbocycles. The minimum Gasteiger partial charge on any atom is -0.396 e. The molecule has 0 spiro atoms. The Hall–Kier alpha value is -1.78. The van der Waals surface area contributed by atoms with E-state index < -0.39 is 0 Å². The Bertz CT molecular complexity index is 651. The molecule has 1 aromatic heterocycles. The number of carbonyl (C=O) groups is 1. The fourth-order valence-electron chi connectivity index (χ4n) is 2.58. The molecule has 2 N–H and O–H groups in total. The molecule has 3 rings (SSSR count). The third kappa shape index (κ3) is 2.32. The number of aromatic nitrogens is 1. The Morgan fingerprint density at radius 1 is 1.35 bits per heavy atom. The normalized spacial score (nSPS) is 17.7.